The summed E-state index contributed by atoms with van der Waals surface area (Å²) in [4.78, 5) is 18.6. The summed E-state index contributed by atoms with van der Waals surface area (Å²) in [6.45, 7) is 2.01. The van der Waals surface area contributed by atoms with Crippen LogP contribution in [0.4, 0.5) is 0 Å². The second-order valence-electron chi connectivity index (χ2n) is 4.03. The fourth-order valence-corrected chi connectivity index (χ4v) is 1.83. The molecule has 0 bridgehead atoms. The summed E-state index contributed by atoms with van der Waals surface area (Å²) in [6.07, 6.45) is 6.13. The van der Waals surface area contributed by atoms with Gasteiger partial charge in [0.25, 0.3) is 0 Å². The van der Waals surface area contributed by atoms with E-state index < -0.39 is 0 Å². The van der Waals surface area contributed by atoms with Crippen LogP contribution in [-0.2, 0) is 16.0 Å². The Bertz CT molecular complexity index is 318. The molecule has 1 aliphatic rings. The summed E-state index contributed by atoms with van der Waals surface area (Å²) in [5.41, 5.74) is 1.04. The van der Waals surface area contributed by atoms with Gasteiger partial charge in [-0.1, -0.05) is 0 Å². The first-order valence-corrected chi connectivity index (χ1v) is 5.69. The number of ether oxygens (including phenoxy) is 1. The molecule has 0 aromatic carbocycles. The Hall–Kier alpha value is -1.36. The Balaban J connectivity index is 1.67. The highest BCUT2D eigenvalue weighted by Gasteiger charge is 2.20. The van der Waals surface area contributed by atoms with Crippen molar-refractivity contribution in [1.29, 1.82) is 0 Å². The summed E-state index contributed by atoms with van der Waals surface area (Å²) >= 11 is 0. The van der Waals surface area contributed by atoms with Crippen LogP contribution in [0, 0.1) is 5.92 Å². The first-order valence-electron chi connectivity index (χ1n) is 5.69. The maximum Gasteiger partial charge on any atom is 0.225 e. The van der Waals surface area contributed by atoms with Gasteiger partial charge in [-0.25, -0.2) is 4.98 Å². The number of rotatable bonds is 4. The van der Waals surface area contributed by atoms with Crippen molar-refractivity contribution in [2.75, 3.05) is 19.8 Å². The van der Waals surface area contributed by atoms with Crippen LogP contribution in [0.2, 0.25) is 0 Å². The average Bonchev–Trinajstić information content (AvgIpc) is 2.83. The second-order valence-corrected chi connectivity index (χ2v) is 4.03. The number of amides is 1. The molecular weight excluding hydrogens is 206 g/mol. The van der Waals surface area contributed by atoms with Crippen LogP contribution >= 0.6 is 0 Å². The lowest BCUT2D eigenvalue weighted by Gasteiger charge is -2.21. The van der Waals surface area contributed by atoms with Gasteiger partial charge in [0.05, 0.1) is 18.9 Å². The number of imidazole rings is 1. The highest BCUT2D eigenvalue weighted by Crippen LogP contribution is 2.13. The molecule has 1 saturated heterocycles. The number of aromatic amines is 1. The van der Waals surface area contributed by atoms with E-state index in [4.69, 9.17) is 4.74 Å². The number of hydrogen-bond acceptors (Lipinski definition) is 3. The Morgan fingerprint density at radius 3 is 3.31 bits per heavy atom. The van der Waals surface area contributed by atoms with Crippen molar-refractivity contribution >= 4 is 5.91 Å². The first-order chi connectivity index (χ1) is 7.86. The van der Waals surface area contributed by atoms with E-state index >= 15 is 0 Å². The summed E-state index contributed by atoms with van der Waals surface area (Å²) in [6, 6.07) is 0. The molecule has 0 saturated carbocycles. The van der Waals surface area contributed by atoms with Crippen LogP contribution < -0.4 is 5.32 Å². The minimum absolute atomic E-state index is 0.0375. The molecule has 1 atom stereocenters. The van der Waals surface area contributed by atoms with E-state index in [1.165, 1.54) is 0 Å². The predicted molar refractivity (Wildman–Crippen MR) is 58.8 cm³/mol. The van der Waals surface area contributed by atoms with Gasteiger partial charge in [0.2, 0.25) is 5.91 Å². The lowest BCUT2D eigenvalue weighted by molar-refractivity contribution is -0.128. The molecule has 1 fully saturated rings. The summed E-state index contributed by atoms with van der Waals surface area (Å²) in [5, 5.41) is 2.92. The average molecular weight is 223 g/mol. The van der Waals surface area contributed by atoms with Crippen molar-refractivity contribution in [3.05, 3.63) is 18.2 Å². The van der Waals surface area contributed by atoms with E-state index in [1.54, 1.807) is 12.5 Å². The number of carbonyl (C=O) groups excluding carboxylic acids is 1. The molecule has 0 aliphatic carbocycles. The van der Waals surface area contributed by atoms with Crippen LogP contribution in [0.25, 0.3) is 0 Å². The molecule has 1 amide bonds. The number of nitrogens with one attached hydrogen (secondary N) is 2. The fourth-order valence-electron chi connectivity index (χ4n) is 1.83. The molecule has 1 aromatic heterocycles. The van der Waals surface area contributed by atoms with Gasteiger partial charge in [-0.15, -0.1) is 0 Å². The second kappa shape index (κ2) is 5.65. The van der Waals surface area contributed by atoms with Gasteiger partial charge in [-0.3, -0.25) is 4.79 Å². The molecule has 5 heteroatoms. The third kappa shape index (κ3) is 3.06. The topological polar surface area (TPSA) is 67.0 Å². The Labute approximate surface area is 94.6 Å². The van der Waals surface area contributed by atoms with Crippen LogP contribution in [0.1, 0.15) is 18.5 Å². The Kier molecular flexibility index (Phi) is 3.93. The number of nitrogens with zero attached hydrogens (tertiary/aromatic N) is 1. The number of carbonyl (C=O) groups is 1. The molecule has 1 unspecified atom stereocenters. The minimum Gasteiger partial charge on any atom is -0.381 e. The Morgan fingerprint density at radius 1 is 1.69 bits per heavy atom. The molecule has 0 radical (unpaired) electrons. The summed E-state index contributed by atoms with van der Waals surface area (Å²) in [7, 11) is 0. The molecule has 2 heterocycles. The zero-order valence-electron chi connectivity index (χ0n) is 9.24. The normalized spacial score (nSPS) is 20.6. The molecule has 1 aromatic rings. The molecule has 88 valence electrons. The van der Waals surface area contributed by atoms with Crippen molar-refractivity contribution in [3.63, 3.8) is 0 Å². The largest absolute Gasteiger partial charge is 0.381 e. The van der Waals surface area contributed by atoms with Crippen molar-refractivity contribution in [1.82, 2.24) is 15.3 Å². The third-order valence-electron chi connectivity index (χ3n) is 2.78. The zero-order chi connectivity index (χ0) is 11.2. The van der Waals surface area contributed by atoms with Gasteiger partial charge in [-0.05, 0) is 12.8 Å². The van der Waals surface area contributed by atoms with Gasteiger partial charge in [0.1, 0.15) is 0 Å². The molecule has 5 nitrogen and oxygen atoms in total. The fraction of sp³-hybridized carbons (Fsp3) is 0.636. The molecule has 1 aliphatic heterocycles. The van der Waals surface area contributed by atoms with E-state index in [1.807, 2.05) is 0 Å². The van der Waals surface area contributed by atoms with E-state index in [0.29, 0.717) is 13.2 Å². The minimum atomic E-state index is 0.0375. The lowest BCUT2D eigenvalue weighted by Crippen LogP contribution is -2.36. The molecular formula is C11H17N3O2. The smallest absolute Gasteiger partial charge is 0.225 e. The van der Waals surface area contributed by atoms with Gasteiger partial charge < -0.3 is 15.0 Å². The zero-order valence-corrected chi connectivity index (χ0v) is 9.24. The number of aromatic nitrogens is 2. The van der Waals surface area contributed by atoms with Crippen molar-refractivity contribution in [2.24, 2.45) is 5.92 Å². The maximum absolute atomic E-state index is 11.7. The summed E-state index contributed by atoms with van der Waals surface area (Å²) in [5.74, 6) is 0.148. The SMILES string of the molecule is O=C(NCCc1cnc[nH]1)C1CCCOC1. The van der Waals surface area contributed by atoms with Gasteiger partial charge in [-0.2, -0.15) is 0 Å². The standard InChI is InChI=1S/C11H17N3O2/c15-11(9-2-1-5-16-7-9)13-4-3-10-6-12-8-14-10/h6,8-9H,1-5,7H2,(H,12,14)(H,13,15). The Morgan fingerprint density at radius 2 is 2.62 bits per heavy atom. The molecule has 2 N–H and O–H groups in total. The third-order valence-corrected chi connectivity index (χ3v) is 2.78. The van der Waals surface area contributed by atoms with Gasteiger partial charge in [0, 0.05) is 31.5 Å². The molecule has 2 rings (SSSR count). The maximum atomic E-state index is 11.7. The van der Waals surface area contributed by atoms with E-state index in [9.17, 15) is 4.79 Å². The highest BCUT2D eigenvalue weighted by atomic mass is 16.5. The van der Waals surface area contributed by atoms with Gasteiger partial charge >= 0.3 is 0 Å². The van der Waals surface area contributed by atoms with Crippen molar-refractivity contribution < 1.29 is 9.53 Å². The lowest BCUT2D eigenvalue weighted by atomic mass is 10.0. The van der Waals surface area contributed by atoms with Crippen LogP contribution in [0.15, 0.2) is 12.5 Å². The molecule has 16 heavy (non-hydrogen) atoms. The molecule has 0 spiro atoms. The van der Waals surface area contributed by atoms with Crippen LogP contribution in [-0.4, -0.2) is 35.6 Å². The summed E-state index contributed by atoms with van der Waals surface area (Å²) < 4.78 is 5.28. The quantitative estimate of drug-likeness (QED) is 0.781. The monoisotopic (exact) mass is 223 g/mol. The van der Waals surface area contributed by atoms with E-state index in [-0.39, 0.29) is 11.8 Å². The first kappa shape index (κ1) is 11.1. The number of hydrogen-bond donors (Lipinski definition) is 2. The van der Waals surface area contributed by atoms with Crippen LogP contribution in [0.5, 0.6) is 0 Å². The van der Waals surface area contributed by atoms with Crippen molar-refractivity contribution in [2.45, 2.75) is 19.3 Å². The van der Waals surface area contributed by atoms with Crippen LogP contribution in [0.3, 0.4) is 0 Å². The predicted octanol–water partition coefficient (Wildman–Crippen LogP) is 0.495. The number of H-pyrrole nitrogens is 1. The highest BCUT2D eigenvalue weighted by molar-refractivity contribution is 5.78. The van der Waals surface area contributed by atoms with E-state index in [2.05, 4.69) is 15.3 Å². The van der Waals surface area contributed by atoms with E-state index in [0.717, 1.165) is 31.6 Å². The van der Waals surface area contributed by atoms with Crippen molar-refractivity contribution in [3.8, 4) is 0 Å². The van der Waals surface area contributed by atoms with Gasteiger partial charge in [0.15, 0.2) is 0 Å².